The van der Waals surface area contributed by atoms with E-state index in [1.165, 1.54) is 13.3 Å². The van der Waals surface area contributed by atoms with Crippen LogP contribution < -0.4 is 0 Å². The van der Waals surface area contributed by atoms with E-state index in [1.807, 2.05) is 0 Å². The van der Waals surface area contributed by atoms with Crippen molar-refractivity contribution in [3.05, 3.63) is 29.0 Å². The number of aromatic nitrogens is 1. The normalized spacial score (nSPS) is 26.3. The van der Waals surface area contributed by atoms with Gasteiger partial charge in [0.15, 0.2) is 0 Å². The van der Waals surface area contributed by atoms with Gasteiger partial charge in [-0.2, -0.15) is 0 Å². The lowest BCUT2D eigenvalue weighted by atomic mass is 9.81. The number of amides is 1. The molecule has 0 radical (unpaired) electrons. The lowest BCUT2D eigenvalue weighted by molar-refractivity contribution is -0.153. The number of fused-ring (bicyclic) bond motifs is 1. The molecular formula is C14H16Cl2N2O4. The van der Waals surface area contributed by atoms with Crippen LogP contribution in [-0.4, -0.2) is 55.2 Å². The molecule has 2 fully saturated rings. The Morgan fingerprint density at radius 1 is 1.50 bits per heavy atom. The molecule has 0 bridgehead atoms. The van der Waals surface area contributed by atoms with Gasteiger partial charge in [0.05, 0.1) is 25.3 Å². The number of nitrogens with zero attached hydrogens (tertiary/aromatic N) is 2. The van der Waals surface area contributed by atoms with Gasteiger partial charge in [-0.1, -0.05) is 11.6 Å². The maximum atomic E-state index is 12.5. The van der Waals surface area contributed by atoms with Gasteiger partial charge in [-0.3, -0.25) is 9.59 Å². The standard InChI is InChI=1S/C14H15ClN2O4.ClH/c1-20-13(19)14-7-17(5-9(14)6-21-8-14)12(18)11-3-2-10(15)4-16-11;/h2-4,9H,5-8H2,1H3;1H/t9-,14-;/m0./s1. The fourth-order valence-corrected chi connectivity index (χ4v) is 3.16. The highest BCUT2D eigenvalue weighted by molar-refractivity contribution is 6.30. The highest BCUT2D eigenvalue weighted by Gasteiger charge is 2.57. The van der Waals surface area contributed by atoms with E-state index in [-0.39, 0.29) is 30.2 Å². The number of carbonyl (C=O) groups is 2. The molecule has 0 N–H and O–H groups in total. The van der Waals surface area contributed by atoms with Crippen LogP contribution in [0.5, 0.6) is 0 Å². The molecular weight excluding hydrogens is 331 g/mol. The van der Waals surface area contributed by atoms with Gasteiger partial charge in [0, 0.05) is 25.2 Å². The molecule has 3 heterocycles. The Morgan fingerprint density at radius 3 is 2.91 bits per heavy atom. The maximum absolute atomic E-state index is 12.5. The Hall–Kier alpha value is -1.37. The van der Waals surface area contributed by atoms with Crippen LogP contribution in [0.15, 0.2) is 18.3 Å². The van der Waals surface area contributed by atoms with E-state index in [9.17, 15) is 9.59 Å². The van der Waals surface area contributed by atoms with E-state index >= 15 is 0 Å². The SMILES string of the molecule is COC(=O)[C@@]12COC[C@@H]1CN(C(=O)c1ccc(Cl)cn1)C2.Cl. The molecule has 1 amide bonds. The van der Waals surface area contributed by atoms with Crippen molar-refractivity contribution in [3.63, 3.8) is 0 Å². The van der Waals surface area contributed by atoms with Crippen LogP contribution in [0.4, 0.5) is 0 Å². The quantitative estimate of drug-likeness (QED) is 0.757. The van der Waals surface area contributed by atoms with Crippen LogP contribution >= 0.6 is 24.0 Å². The number of methoxy groups -OCH3 is 1. The summed E-state index contributed by atoms with van der Waals surface area (Å²) >= 11 is 5.77. The summed E-state index contributed by atoms with van der Waals surface area (Å²) in [5.41, 5.74) is -0.420. The van der Waals surface area contributed by atoms with Crippen molar-refractivity contribution in [2.75, 3.05) is 33.4 Å². The average molecular weight is 347 g/mol. The summed E-state index contributed by atoms with van der Waals surface area (Å²) in [5, 5.41) is 0.476. The lowest BCUT2D eigenvalue weighted by Crippen LogP contribution is -2.41. The number of likely N-dealkylation sites (tertiary alicyclic amines) is 1. The van der Waals surface area contributed by atoms with Crippen LogP contribution in [-0.2, 0) is 14.3 Å². The van der Waals surface area contributed by atoms with E-state index in [1.54, 1.807) is 17.0 Å². The number of hydrogen-bond acceptors (Lipinski definition) is 5. The van der Waals surface area contributed by atoms with Crippen LogP contribution in [0.25, 0.3) is 0 Å². The molecule has 0 aromatic carbocycles. The van der Waals surface area contributed by atoms with Gasteiger partial charge in [0.2, 0.25) is 0 Å². The molecule has 0 unspecified atom stereocenters. The second-order valence-corrected chi connectivity index (χ2v) is 5.84. The zero-order chi connectivity index (χ0) is 15.0. The van der Waals surface area contributed by atoms with E-state index in [2.05, 4.69) is 4.98 Å². The first-order valence-corrected chi connectivity index (χ1v) is 7.01. The zero-order valence-electron chi connectivity index (χ0n) is 12.0. The summed E-state index contributed by atoms with van der Waals surface area (Å²) in [6.07, 6.45) is 1.44. The zero-order valence-corrected chi connectivity index (χ0v) is 13.5. The van der Waals surface area contributed by atoms with Gasteiger partial charge in [-0.05, 0) is 12.1 Å². The second kappa shape index (κ2) is 6.40. The highest BCUT2D eigenvalue weighted by atomic mass is 35.5. The van der Waals surface area contributed by atoms with Crippen molar-refractivity contribution in [2.45, 2.75) is 0 Å². The molecule has 8 heteroatoms. The Labute approximate surface area is 139 Å². The number of rotatable bonds is 2. The van der Waals surface area contributed by atoms with Gasteiger partial charge in [0.1, 0.15) is 11.1 Å². The molecule has 1 aromatic rings. The topological polar surface area (TPSA) is 68.7 Å². The summed E-state index contributed by atoms with van der Waals surface area (Å²) in [5.74, 6) is -0.546. The first-order valence-electron chi connectivity index (χ1n) is 6.64. The molecule has 2 aliphatic heterocycles. The minimum absolute atomic E-state index is 0. The molecule has 2 aliphatic rings. The number of pyridine rings is 1. The first kappa shape index (κ1) is 17.0. The molecule has 6 nitrogen and oxygen atoms in total. The molecule has 0 spiro atoms. The second-order valence-electron chi connectivity index (χ2n) is 5.41. The monoisotopic (exact) mass is 346 g/mol. The van der Waals surface area contributed by atoms with E-state index < -0.39 is 5.41 Å². The predicted molar refractivity (Wildman–Crippen MR) is 81.2 cm³/mol. The Morgan fingerprint density at radius 2 is 2.27 bits per heavy atom. The van der Waals surface area contributed by atoms with E-state index in [4.69, 9.17) is 21.1 Å². The van der Waals surface area contributed by atoms with Gasteiger partial charge >= 0.3 is 5.97 Å². The van der Waals surface area contributed by atoms with Gasteiger partial charge in [0.25, 0.3) is 5.91 Å². The number of halogens is 2. The third kappa shape index (κ3) is 2.66. The number of hydrogen-bond donors (Lipinski definition) is 0. The summed E-state index contributed by atoms with van der Waals surface area (Å²) in [6, 6.07) is 3.21. The predicted octanol–water partition coefficient (Wildman–Crippen LogP) is 1.42. The fourth-order valence-electron chi connectivity index (χ4n) is 3.05. The molecule has 22 heavy (non-hydrogen) atoms. The van der Waals surface area contributed by atoms with Crippen LogP contribution in [0.1, 0.15) is 10.5 Å². The smallest absolute Gasteiger partial charge is 0.316 e. The van der Waals surface area contributed by atoms with Crippen molar-refractivity contribution >= 4 is 35.9 Å². The van der Waals surface area contributed by atoms with E-state index in [0.29, 0.717) is 37.0 Å². The van der Waals surface area contributed by atoms with Crippen molar-refractivity contribution in [1.82, 2.24) is 9.88 Å². The minimum atomic E-state index is -0.739. The molecule has 2 saturated heterocycles. The molecule has 0 saturated carbocycles. The van der Waals surface area contributed by atoms with Gasteiger partial charge in [-0.25, -0.2) is 4.98 Å². The maximum Gasteiger partial charge on any atom is 0.316 e. The third-order valence-corrected chi connectivity index (χ3v) is 4.42. The third-order valence-electron chi connectivity index (χ3n) is 4.20. The van der Waals surface area contributed by atoms with Crippen LogP contribution in [0.2, 0.25) is 5.02 Å². The van der Waals surface area contributed by atoms with Gasteiger partial charge in [-0.15, -0.1) is 12.4 Å². The Bertz CT molecular complexity index is 581. The van der Waals surface area contributed by atoms with Crippen molar-refractivity contribution < 1.29 is 19.1 Å². The van der Waals surface area contributed by atoms with Crippen molar-refractivity contribution in [3.8, 4) is 0 Å². The van der Waals surface area contributed by atoms with Crippen LogP contribution in [0.3, 0.4) is 0 Å². The summed E-state index contributed by atoms with van der Waals surface area (Å²) in [7, 11) is 1.36. The largest absolute Gasteiger partial charge is 0.468 e. The molecule has 3 rings (SSSR count). The summed E-state index contributed by atoms with van der Waals surface area (Å²) in [6.45, 7) is 1.53. The minimum Gasteiger partial charge on any atom is -0.468 e. The molecule has 2 atom stereocenters. The molecule has 1 aromatic heterocycles. The summed E-state index contributed by atoms with van der Waals surface area (Å²) in [4.78, 5) is 30.2. The lowest BCUT2D eigenvalue weighted by Gasteiger charge is -2.23. The number of ether oxygens (including phenoxy) is 2. The summed E-state index contributed by atoms with van der Waals surface area (Å²) < 4.78 is 10.3. The Kier molecular flexibility index (Phi) is 4.94. The molecule has 0 aliphatic carbocycles. The number of esters is 1. The van der Waals surface area contributed by atoms with Gasteiger partial charge < -0.3 is 14.4 Å². The fraction of sp³-hybridized carbons (Fsp3) is 0.500. The number of carbonyl (C=O) groups excluding carboxylic acids is 2. The van der Waals surface area contributed by atoms with Crippen LogP contribution in [0, 0.1) is 11.3 Å². The molecule has 120 valence electrons. The van der Waals surface area contributed by atoms with Crippen molar-refractivity contribution in [1.29, 1.82) is 0 Å². The first-order chi connectivity index (χ1) is 10.1. The Balaban J connectivity index is 0.00000176. The average Bonchev–Trinajstić information content (AvgIpc) is 3.04. The van der Waals surface area contributed by atoms with Crippen molar-refractivity contribution in [2.24, 2.45) is 11.3 Å². The van der Waals surface area contributed by atoms with E-state index in [0.717, 1.165) is 0 Å². The highest BCUT2D eigenvalue weighted by Crippen LogP contribution is 2.42.